The van der Waals surface area contributed by atoms with Gasteiger partial charge in [0.15, 0.2) is 11.5 Å². The van der Waals surface area contributed by atoms with Crippen molar-refractivity contribution in [1.29, 1.82) is 0 Å². The van der Waals surface area contributed by atoms with Crippen LogP contribution in [0.25, 0.3) is 10.8 Å². The van der Waals surface area contributed by atoms with E-state index in [1.54, 1.807) is 18.2 Å². The smallest absolute Gasteiger partial charge is 0.274 e. The third-order valence-electron chi connectivity index (χ3n) is 5.83. The van der Waals surface area contributed by atoms with Crippen LogP contribution in [0.2, 0.25) is 0 Å². The minimum Gasteiger partial charge on any atom is -0.493 e. The molecule has 2 heterocycles. The van der Waals surface area contributed by atoms with Gasteiger partial charge in [0, 0.05) is 11.9 Å². The van der Waals surface area contributed by atoms with Gasteiger partial charge in [-0.15, -0.1) is 0 Å². The van der Waals surface area contributed by atoms with Crippen molar-refractivity contribution >= 4 is 16.7 Å². The second-order valence-corrected chi connectivity index (χ2v) is 7.79. The van der Waals surface area contributed by atoms with Gasteiger partial charge in [-0.1, -0.05) is 24.3 Å². The predicted octanol–water partition coefficient (Wildman–Crippen LogP) is 2.44. The topological polar surface area (TPSA) is 85.7 Å². The van der Waals surface area contributed by atoms with E-state index in [4.69, 9.17) is 9.47 Å². The molecule has 1 saturated heterocycles. The number of ether oxygens (including phenoxy) is 2. The van der Waals surface area contributed by atoms with Crippen LogP contribution in [0.5, 0.6) is 11.5 Å². The SMILES string of the molecule is COc1cccc(C(=O)NCc2nn(CCN3CCCC3)c(=O)c3ccccc23)c1OC. The number of hydrogen-bond acceptors (Lipinski definition) is 6. The van der Waals surface area contributed by atoms with E-state index in [0.29, 0.717) is 34.7 Å². The lowest BCUT2D eigenvalue weighted by molar-refractivity contribution is 0.0946. The lowest BCUT2D eigenvalue weighted by atomic mass is 10.1. The van der Waals surface area contributed by atoms with E-state index < -0.39 is 0 Å². The zero-order valence-electron chi connectivity index (χ0n) is 18.5. The largest absolute Gasteiger partial charge is 0.493 e. The molecule has 0 bridgehead atoms. The fourth-order valence-corrected chi connectivity index (χ4v) is 4.15. The molecular weight excluding hydrogens is 408 g/mol. The summed E-state index contributed by atoms with van der Waals surface area (Å²) in [4.78, 5) is 28.2. The number of rotatable bonds is 8. The van der Waals surface area contributed by atoms with Crippen molar-refractivity contribution in [1.82, 2.24) is 20.0 Å². The number of likely N-dealkylation sites (tertiary alicyclic amines) is 1. The summed E-state index contributed by atoms with van der Waals surface area (Å²) >= 11 is 0. The van der Waals surface area contributed by atoms with E-state index in [1.807, 2.05) is 24.3 Å². The summed E-state index contributed by atoms with van der Waals surface area (Å²) in [6, 6.07) is 12.5. The van der Waals surface area contributed by atoms with Crippen molar-refractivity contribution in [3.8, 4) is 11.5 Å². The highest BCUT2D eigenvalue weighted by Gasteiger charge is 2.18. The van der Waals surface area contributed by atoms with Gasteiger partial charge in [-0.2, -0.15) is 5.10 Å². The molecule has 168 valence electrons. The zero-order valence-corrected chi connectivity index (χ0v) is 18.5. The molecule has 1 aliphatic heterocycles. The first-order chi connectivity index (χ1) is 15.6. The van der Waals surface area contributed by atoms with Crippen molar-refractivity contribution in [2.45, 2.75) is 25.9 Å². The molecule has 1 fully saturated rings. The Morgan fingerprint density at radius 2 is 1.75 bits per heavy atom. The Hall–Kier alpha value is -3.39. The van der Waals surface area contributed by atoms with Crippen LogP contribution in [0.15, 0.2) is 47.3 Å². The molecule has 1 aromatic heterocycles. The van der Waals surface area contributed by atoms with Crippen LogP contribution in [-0.4, -0.2) is 54.4 Å². The molecule has 0 unspecified atom stereocenters. The Balaban J connectivity index is 1.59. The molecule has 8 nitrogen and oxygen atoms in total. The first-order valence-corrected chi connectivity index (χ1v) is 10.8. The summed E-state index contributed by atoms with van der Waals surface area (Å²) in [5, 5.41) is 8.87. The second-order valence-electron chi connectivity index (χ2n) is 7.79. The number of methoxy groups -OCH3 is 2. The highest BCUT2D eigenvalue weighted by molar-refractivity contribution is 5.98. The summed E-state index contributed by atoms with van der Waals surface area (Å²) in [7, 11) is 3.03. The van der Waals surface area contributed by atoms with Crippen molar-refractivity contribution in [2.24, 2.45) is 0 Å². The number of amides is 1. The van der Waals surface area contributed by atoms with Crippen LogP contribution < -0.4 is 20.3 Å². The van der Waals surface area contributed by atoms with Crippen molar-refractivity contribution < 1.29 is 14.3 Å². The van der Waals surface area contributed by atoms with E-state index in [-0.39, 0.29) is 18.0 Å². The number of carbonyl (C=O) groups excluding carboxylic acids is 1. The van der Waals surface area contributed by atoms with Gasteiger partial charge < -0.3 is 19.7 Å². The molecular formula is C24H28N4O4. The first kappa shape index (κ1) is 21.8. The van der Waals surface area contributed by atoms with Crippen LogP contribution in [0, 0.1) is 0 Å². The number of aromatic nitrogens is 2. The van der Waals surface area contributed by atoms with Crippen molar-refractivity contribution in [3.05, 3.63) is 64.1 Å². The highest BCUT2D eigenvalue weighted by Crippen LogP contribution is 2.30. The summed E-state index contributed by atoms with van der Waals surface area (Å²) in [5.41, 5.74) is 0.916. The number of para-hydroxylation sites is 1. The summed E-state index contributed by atoms with van der Waals surface area (Å²) in [6.45, 7) is 3.62. The number of carbonyl (C=O) groups is 1. The highest BCUT2D eigenvalue weighted by atomic mass is 16.5. The van der Waals surface area contributed by atoms with Gasteiger partial charge in [0.1, 0.15) is 0 Å². The van der Waals surface area contributed by atoms with Gasteiger partial charge in [-0.3, -0.25) is 9.59 Å². The van der Waals surface area contributed by atoms with Gasteiger partial charge in [0.05, 0.1) is 44.0 Å². The van der Waals surface area contributed by atoms with Crippen LogP contribution in [0.4, 0.5) is 0 Å². The van der Waals surface area contributed by atoms with E-state index >= 15 is 0 Å². The molecule has 4 rings (SSSR count). The van der Waals surface area contributed by atoms with E-state index in [1.165, 1.54) is 31.7 Å². The molecule has 0 radical (unpaired) electrons. The minimum atomic E-state index is -0.304. The summed E-state index contributed by atoms with van der Waals surface area (Å²) < 4.78 is 12.2. The van der Waals surface area contributed by atoms with Gasteiger partial charge in [-0.05, 0) is 44.1 Å². The number of benzene rings is 2. The van der Waals surface area contributed by atoms with E-state index in [0.717, 1.165) is 25.0 Å². The molecule has 2 aromatic carbocycles. The Bertz CT molecular complexity index is 1170. The minimum absolute atomic E-state index is 0.107. The van der Waals surface area contributed by atoms with Crippen LogP contribution in [-0.2, 0) is 13.1 Å². The van der Waals surface area contributed by atoms with E-state index in [9.17, 15) is 9.59 Å². The molecule has 0 spiro atoms. The van der Waals surface area contributed by atoms with Gasteiger partial charge >= 0.3 is 0 Å². The maximum absolute atomic E-state index is 13.0. The third kappa shape index (κ3) is 4.45. The molecule has 1 aliphatic rings. The van der Waals surface area contributed by atoms with Crippen molar-refractivity contribution in [3.63, 3.8) is 0 Å². The fourth-order valence-electron chi connectivity index (χ4n) is 4.15. The summed E-state index contributed by atoms with van der Waals surface area (Å²) in [6.07, 6.45) is 2.40. The lowest BCUT2D eigenvalue weighted by Gasteiger charge is -2.17. The first-order valence-electron chi connectivity index (χ1n) is 10.8. The van der Waals surface area contributed by atoms with Gasteiger partial charge in [0.2, 0.25) is 0 Å². The Kier molecular flexibility index (Phi) is 6.70. The molecule has 0 aliphatic carbocycles. The Morgan fingerprint density at radius 1 is 1.00 bits per heavy atom. The van der Waals surface area contributed by atoms with E-state index in [2.05, 4.69) is 15.3 Å². The molecule has 1 N–H and O–H groups in total. The molecule has 0 saturated carbocycles. The zero-order chi connectivity index (χ0) is 22.5. The van der Waals surface area contributed by atoms with Gasteiger partial charge in [-0.25, -0.2) is 4.68 Å². The Labute approximate surface area is 186 Å². The molecule has 1 amide bonds. The average molecular weight is 437 g/mol. The van der Waals surface area contributed by atoms with Crippen molar-refractivity contribution in [2.75, 3.05) is 33.9 Å². The van der Waals surface area contributed by atoms with Crippen LogP contribution >= 0.6 is 0 Å². The normalized spacial score (nSPS) is 13.9. The fraction of sp³-hybridized carbons (Fsp3) is 0.375. The number of fused-ring (bicyclic) bond motifs is 1. The van der Waals surface area contributed by atoms with Crippen LogP contribution in [0.3, 0.4) is 0 Å². The molecule has 8 heteroatoms. The average Bonchev–Trinajstić information content (AvgIpc) is 3.36. The number of nitrogens with one attached hydrogen (secondary N) is 1. The third-order valence-corrected chi connectivity index (χ3v) is 5.83. The maximum atomic E-state index is 13.0. The monoisotopic (exact) mass is 436 g/mol. The second kappa shape index (κ2) is 9.82. The molecule has 0 atom stereocenters. The van der Waals surface area contributed by atoms with Gasteiger partial charge in [0.25, 0.3) is 11.5 Å². The predicted molar refractivity (Wildman–Crippen MR) is 122 cm³/mol. The lowest BCUT2D eigenvalue weighted by Crippen LogP contribution is -2.32. The summed E-state index contributed by atoms with van der Waals surface area (Å²) in [5.74, 6) is 0.557. The standard InChI is InChI=1S/C24H28N4O4/c1-31-21-11-7-10-19(22(21)32-2)23(29)25-16-20-17-8-3-4-9-18(17)24(30)28(26-20)15-14-27-12-5-6-13-27/h3-4,7-11H,5-6,12-16H2,1-2H3,(H,25,29). The quantitative estimate of drug-likeness (QED) is 0.584. The number of hydrogen-bond donors (Lipinski definition) is 1. The number of nitrogens with zero attached hydrogens (tertiary/aromatic N) is 3. The maximum Gasteiger partial charge on any atom is 0.274 e. The molecule has 32 heavy (non-hydrogen) atoms. The Morgan fingerprint density at radius 3 is 2.47 bits per heavy atom. The van der Waals surface area contributed by atoms with Crippen LogP contribution in [0.1, 0.15) is 28.9 Å². The molecule has 3 aromatic rings.